The SMILES string of the molecule is Cc1ccc(Br)c(O)c(=O)c1Br. The summed E-state index contributed by atoms with van der Waals surface area (Å²) in [6.07, 6.45) is 0. The van der Waals surface area contributed by atoms with Gasteiger partial charge in [0.15, 0.2) is 5.75 Å². The Morgan fingerprint density at radius 2 is 1.92 bits per heavy atom. The van der Waals surface area contributed by atoms with E-state index in [4.69, 9.17) is 0 Å². The van der Waals surface area contributed by atoms with Crippen LogP contribution in [0, 0.1) is 6.92 Å². The number of aryl methyl sites for hydroxylation is 1. The van der Waals surface area contributed by atoms with Crippen LogP contribution >= 0.6 is 31.9 Å². The molecule has 1 aromatic rings. The van der Waals surface area contributed by atoms with Crippen molar-refractivity contribution in [3.05, 3.63) is 36.9 Å². The Bertz CT molecular complexity index is 341. The van der Waals surface area contributed by atoms with Gasteiger partial charge in [-0.1, -0.05) is 6.07 Å². The number of hydrogen-bond acceptors (Lipinski definition) is 2. The van der Waals surface area contributed by atoms with E-state index in [1.54, 1.807) is 19.1 Å². The number of halogens is 2. The van der Waals surface area contributed by atoms with E-state index in [1.807, 2.05) is 0 Å². The van der Waals surface area contributed by atoms with E-state index in [9.17, 15) is 9.90 Å². The fourth-order valence-corrected chi connectivity index (χ4v) is 1.37. The predicted molar refractivity (Wildman–Crippen MR) is 54.5 cm³/mol. The van der Waals surface area contributed by atoms with Crippen molar-refractivity contribution in [1.29, 1.82) is 0 Å². The molecule has 0 unspecified atom stereocenters. The van der Waals surface area contributed by atoms with Gasteiger partial charge < -0.3 is 5.11 Å². The molecule has 0 bridgehead atoms. The summed E-state index contributed by atoms with van der Waals surface area (Å²) in [4.78, 5) is 11.3. The van der Waals surface area contributed by atoms with Crippen LogP contribution in [-0.2, 0) is 0 Å². The lowest BCUT2D eigenvalue weighted by atomic mass is 10.3. The summed E-state index contributed by atoms with van der Waals surface area (Å²) in [5.41, 5.74) is 0.394. The molecular weight excluding hydrogens is 288 g/mol. The van der Waals surface area contributed by atoms with Crippen LogP contribution in [0.4, 0.5) is 0 Å². The predicted octanol–water partition coefficient (Wildman–Crippen LogP) is 2.59. The van der Waals surface area contributed by atoms with Crippen LogP contribution < -0.4 is 5.43 Å². The molecular formula is C8H6Br2O2. The zero-order valence-corrected chi connectivity index (χ0v) is 9.44. The molecule has 12 heavy (non-hydrogen) atoms. The van der Waals surface area contributed by atoms with Gasteiger partial charge in [-0.05, 0) is 50.4 Å². The van der Waals surface area contributed by atoms with Gasteiger partial charge in [0.05, 0.1) is 8.95 Å². The Hall–Kier alpha value is -0.350. The minimum Gasteiger partial charge on any atom is -0.503 e. The first-order valence-corrected chi connectivity index (χ1v) is 4.80. The zero-order chi connectivity index (χ0) is 9.30. The molecule has 0 saturated carbocycles. The molecule has 0 spiro atoms. The van der Waals surface area contributed by atoms with E-state index in [0.29, 0.717) is 8.95 Å². The lowest BCUT2D eigenvalue weighted by Gasteiger charge is -1.87. The van der Waals surface area contributed by atoms with Crippen molar-refractivity contribution in [2.45, 2.75) is 6.92 Å². The Labute approximate surface area is 86.5 Å². The summed E-state index contributed by atoms with van der Waals surface area (Å²) in [5.74, 6) is -0.269. The standard InChI is InChI=1S/C8H6Br2O2/c1-4-2-3-5(9)7(11)8(12)6(4)10/h2-3H,1H3,(H,11,12). The van der Waals surface area contributed by atoms with Crippen molar-refractivity contribution in [2.24, 2.45) is 0 Å². The molecule has 0 atom stereocenters. The Kier molecular flexibility index (Phi) is 2.90. The minimum absolute atomic E-state index is 0.269. The molecule has 4 heteroatoms. The second-order valence-corrected chi connectivity index (χ2v) is 4.00. The summed E-state index contributed by atoms with van der Waals surface area (Å²) in [5, 5.41) is 9.28. The number of hydrogen-bond donors (Lipinski definition) is 1. The van der Waals surface area contributed by atoms with E-state index in [1.165, 1.54) is 0 Å². The quantitative estimate of drug-likeness (QED) is 0.798. The smallest absolute Gasteiger partial charge is 0.235 e. The highest BCUT2D eigenvalue weighted by Crippen LogP contribution is 2.21. The average Bonchev–Trinajstić information content (AvgIpc) is 2.14. The maximum Gasteiger partial charge on any atom is 0.235 e. The van der Waals surface area contributed by atoms with Crippen molar-refractivity contribution >= 4 is 31.9 Å². The molecule has 64 valence electrons. The second kappa shape index (κ2) is 3.58. The Balaban J connectivity index is 3.71. The molecule has 1 N–H and O–H groups in total. The summed E-state index contributed by atoms with van der Waals surface area (Å²) in [7, 11) is 0. The summed E-state index contributed by atoms with van der Waals surface area (Å²) in [6.45, 7) is 1.79. The Morgan fingerprint density at radius 1 is 1.33 bits per heavy atom. The molecule has 0 aliphatic heterocycles. The molecule has 0 heterocycles. The summed E-state index contributed by atoms with van der Waals surface area (Å²) >= 11 is 6.17. The van der Waals surface area contributed by atoms with Gasteiger partial charge in [0.25, 0.3) is 0 Å². The van der Waals surface area contributed by atoms with Gasteiger partial charge in [0, 0.05) is 0 Å². The van der Waals surface area contributed by atoms with Gasteiger partial charge in [-0.25, -0.2) is 0 Å². The fourth-order valence-electron chi connectivity index (χ4n) is 0.742. The molecule has 0 aliphatic rings. The minimum atomic E-state index is -0.399. The molecule has 1 rings (SSSR count). The van der Waals surface area contributed by atoms with Gasteiger partial charge in [-0.15, -0.1) is 0 Å². The Morgan fingerprint density at radius 3 is 2.50 bits per heavy atom. The number of rotatable bonds is 0. The van der Waals surface area contributed by atoms with Gasteiger partial charge in [0.2, 0.25) is 5.43 Å². The molecule has 0 radical (unpaired) electrons. The molecule has 0 fully saturated rings. The van der Waals surface area contributed by atoms with Gasteiger partial charge >= 0.3 is 0 Å². The van der Waals surface area contributed by atoms with E-state index in [-0.39, 0.29) is 5.75 Å². The second-order valence-electron chi connectivity index (χ2n) is 2.36. The largest absolute Gasteiger partial charge is 0.503 e. The van der Waals surface area contributed by atoms with Crippen LogP contribution in [0.15, 0.2) is 25.9 Å². The summed E-state index contributed by atoms with van der Waals surface area (Å²) in [6, 6.07) is 3.38. The molecule has 0 aliphatic carbocycles. The van der Waals surface area contributed by atoms with Gasteiger partial charge in [0.1, 0.15) is 0 Å². The fraction of sp³-hybridized carbons (Fsp3) is 0.125. The van der Waals surface area contributed by atoms with Crippen molar-refractivity contribution in [2.75, 3.05) is 0 Å². The van der Waals surface area contributed by atoms with E-state index >= 15 is 0 Å². The van der Waals surface area contributed by atoms with Crippen molar-refractivity contribution in [3.8, 4) is 5.75 Å². The molecule has 1 aromatic carbocycles. The third-order valence-corrected chi connectivity index (χ3v) is 3.09. The zero-order valence-electron chi connectivity index (χ0n) is 6.27. The maximum atomic E-state index is 11.3. The first kappa shape index (κ1) is 9.74. The lowest BCUT2D eigenvalue weighted by molar-refractivity contribution is 0.467. The normalized spacial score (nSPS) is 9.92. The lowest BCUT2D eigenvalue weighted by Crippen LogP contribution is -1.98. The maximum absolute atomic E-state index is 11.3. The van der Waals surface area contributed by atoms with Crippen molar-refractivity contribution < 1.29 is 5.11 Å². The third kappa shape index (κ3) is 1.69. The summed E-state index contributed by atoms with van der Waals surface area (Å²) < 4.78 is 0.798. The van der Waals surface area contributed by atoms with Crippen LogP contribution in [-0.4, -0.2) is 5.11 Å². The highest BCUT2D eigenvalue weighted by molar-refractivity contribution is 9.11. The first-order chi connectivity index (χ1) is 5.54. The van der Waals surface area contributed by atoms with Gasteiger partial charge in [-0.2, -0.15) is 0 Å². The monoisotopic (exact) mass is 292 g/mol. The van der Waals surface area contributed by atoms with E-state index < -0.39 is 5.43 Å². The van der Waals surface area contributed by atoms with Crippen LogP contribution in [0.2, 0.25) is 0 Å². The molecule has 0 amide bonds. The molecule has 0 aromatic heterocycles. The first-order valence-electron chi connectivity index (χ1n) is 3.22. The molecule has 0 saturated heterocycles. The van der Waals surface area contributed by atoms with Crippen LogP contribution in [0.1, 0.15) is 5.56 Å². The van der Waals surface area contributed by atoms with E-state index in [0.717, 1.165) is 5.56 Å². The highest BCUT2D eigenvalue weighted by Gasteiger charge is 2.05. The third-order valence-electron chi connectivity index (χ3n) is 1.47. The van der Waals surface area contributed by atoms with Crippen LogP contribution in [0.5, 0.6) is 5.75 Å². The topological polar surface area (TPSA) is 37.3 Å². The highest BCUT2D eigenvalue weighted by atomic mass is 79.9. The average molecular weight is 294 g/mol. The van der Waals surface area contributed by atoms with Crippen LogP contribution in [0.3, 0.4) is 0 Å². The van der Waals surface area contributed by atoms with Crippen LogP contribution in [0.25, 0.3) is 0 Å². The van der Waals surface area contributed by atoms with E-state index in [2.05, 4.69) is 31.9 Å². The van der Waals surface area contributed by atoms with Crippen molar-refractivity contribution in [3.63, 3.8) is 0 Å². The van der Waals surface area contributed by atoms with Gasteiger partial charge in [-0.3, -0.25) is 4.79 Å². The molecule has 2 nitrogen and oxygen atoms in total. The van der Waals surface area contributed by atoms with Crippen molar-refractivity contribution in [1.82, 2.24) is 0 Å². The number of aromatic hydroxyl groups is 1.